The second-order valence-electron chi connectivity index (χ2n) is 5.65. The zero-order chi connectivity index (χ0) is 13.2. The van der Waals surface area contributed by atoms with Gasteiger partial charge in [0, 0.05) is 0 Å². The zero-order valence-corrected chi connectivity index (χ0v) is 12.7. The molecule has 0 atom stereocenters. The summed E-state index contributed by atoms with van der Waals surface area (Å²) in [7, 11) is -0.179. The molecule has 0 aromatic heterocycles. The van der Waals surface area contributed by atoms with E-state index in [1.54, 1.807) is 5.57 Å². The van der Waals surface area contributed by atoms with Gasteiger partial charge in [-0.15, -0.1) is 5.67 Å². The van der Waals surface area contributed by atoms with E-state index >= 15 is 0 Å². The van der Waals surface area contributed by atoms with Crippen molar-refractivity contribution in [3.05, 3.63) is 53.1 Å². The van der Waals surface area contributed by atoms with Gasteiger partial charge in [0.25, 0.3) is 0 Å². The molecule has 0 amide bonds. The van der Waals surface area contributed by atoms with Crippen LogP contribution in [0.3, 0.4) is 0 Å². The average molecular weight is 264 g/mol. The van der Waals surface area contributed by atoms with Gasteiger partial charge in [-0.3, -0.25) is 0 Å². The third-order valence-electron chi connectivity index (χ3n) is 3.86. The molecule has 19 heavy (non-hydrogen) atoms. The summed E-state index contributed by atoms with van der Waals surface area (Å²) < 4.78 is 0. The van der Waals surface area contributed by atoms with E-state index < -0.39 is 0 Å². The van der Waals surface area contributed by atoms with Gasteiger partial charge in [-0.25, -0.2) is 0 Å². The number of benzene rings is 2. The maximum absolute atomic E-state index is 2.52. The highest BCUT2D eigenvalue weighted by Gasteiger charge is 2.14. The lowest BCUT2D eigenvalue weighted by atomic mass is 9.99. The van der Waals surface area contributed by atoms with Gasteiger partial charge < -0.3 is 0 Å². The third kappa shape index (κ3) is 2.61. The van der Waals surface area contributed by atoms with Crippen molar-refractivity contribution in [2.24, 2.45) is 0 Å². The Morgan fingerprint density at radius 3 is 2.79 bits per heavy atom. The van der Waals surface area contributed by atoms with Crippen molar-refractivity contribution < 1.29 is 0 Å². The number of hydrogen-bond donors (Lipinski definition) is 0. The second-order valence-corrected chi connectivity index (χ2v) is 8.22. The first-order chi connectivity index (χ1) is 9.24. The SMILES string of the molecule is C[Si](C)=CCCC1=Cc2ccc3ccccc3c2C1. The van der Waals surface area contributed by atoms with Crippen molar-refractivity contribution in [2.45, 2.75) is 32.4 Å². The van der Waals surface area contributed by atoms with Crippen LogP contribution < -0.4 is 0 Å². The molecular weight excluding hydrogens is 244 g/mol. The van der Waals surface area contributed by atoms with Gasteiger partial charge in [-0.2, -0.15) is 0 Å². The highest BCUT2D eigenvalue weighted by atomic mass is 28.2. The molecule has 0 heterocycles. The van der Waals surface area contributed by atoms with Crippen LogP contribution in [0.25, 0.3) is 16.8 Å². The van der Waals surface area contributed by atoms with Gasteiger partial charge in [0.15, 0.2) is 0 Å². The lowest BCUT2D eigenvalue weighted by Crippen LogP contribution is -1.93. The Labute approximate surface area is 117 Å². The summed E-state index contributed by atoms with van der Waals surface area (Å²) in [5.74, 6) is 0. The van der Waals surface area contributed by atoms with Crippen LogP contribution in [0.1, 0.15) is 24.0 Å². The minimum atomic E-state index is -0.179. The van der Waals surface area contributed by atoms with Gasteiger partial charge >= 0.3 is 0 Å². The van der Waals surface area contributed by atoms with Crippen LogP contribution in [-0.4, -0.2) is 14.1 Å². The first kappa shape index (κ1) is 12.6. The van der Waals surface area contributed by atoms with E-state index in [-0.39, 0.29) is 8.41 Å². The third-order valence-corrected chi connectivity index (χ3v) is 4.96. The summed E-state index contributed by atoms with van der Waals surface area (Å²) in [5.41, 5.74) is 7.09. The van der Waals surface area contributed by atoms with Crippen LogP contribution in [0.4, 0.5) is 0 Å². The zero-order valence-electron chi connectivity index (χ0n) is 11.7. The standard InChI is InChI=1S/C18H20Si/c1-19(2)11-5-6-14-12-16-10-9-15-7-3-4-8-17(15)18(16)13-14/h3-4,7-12H,5-6,13H2,1-2H3. The van der Waals surface area contributed by atoms with E-state index in [9.17, 15) is 0 Å². The van der Waals surface area contributed by atoms with Crippen molar-refractivity contribution in [3.63, 3.8) is 0 Å². The van der Waals surface area contributed by atoms with Gasteiger partial charge in [0.1, 0.15) is 0 Å². The van der Waals surface area contributed by atoms with E-state index in [4.69, 9.17) is 0 Å². The normalized spacial score (nSPS) is 13.3. The molecular formula is C18H20Si. The summed E-state index contributed by atoms with van der Waals surface area (Å²) in [5, 5.41) is 2.81. The summed E-state index contributed by atoms with van der Waals surface area (Å²) in [6, 6.07) is 13.3. The first-order valence-corrected chi connectivity index (χ1v) is 9.65. The number of allylic oxidation sites excluding steroid dienone is 1. The van der Waals surface area contributed by atoms with E-state index in [1.165, 1.54) is 34.7 Å². The van der Waals surface area contributed by atoms with Crippen molar-refractivity contribution in [1.82, 2.24) is 0 Å². The smallest absolute Gasteiger partial charge is 0.00132 e. The molecule has 0 saturated heterocycles. The molecule has 0 radical (unpaired) electrons. The summed E-state index contributed by atoms with van der Waals surface area (Å²) in [4.78, 5) is 0. The van der Waals surface area contributed by atoms with E-state index in [0.717, 1.165) is 6.42 Å². The molecule has 1 aliphatic carbocycles. The molecule has 96 valence electrons. The highest BCUT2D eigenvalue weighted by molar-refractivity contribution is 6.63. The lowest BCUT2D eigenvalue weighted by molar-refractivity contribution is 0.995. The van der Waals surface area contributed by atoms with Crippen molar-refractivity contribution in [2.75, 3.05) is 0 Å². The molecule has 0 saturated carbocycles. The van der Waals surface area contributed by atoms with Crippen LogP contribution in [-0.2, 0) is 6.42 Å². The molecule has 0 aliphatic heterocycles. The molecule has 0 bridgehead atoms. The van der Waals surface area contributed by atoms with Gasteiger partial charge in [-0.05, 0) is 49.6 Å². The molecule has 3 rings (SSSR count). The maximum Gasteiger partial charge on any atom is -0.00132 e. The van der Waals surface area contributed by atoms with Crippen molar-refractivity contribution in [3.8, 4) is 0 Å². The summed E-state index contributed by atoms with van der Waals surface area (Å²) in [6.45, 7) is 4.71. The van der Waals surface area contributed by atoms with E-state index in [0.29, 0.717) is 0 Å². The molecule has 0 unspecified atom stereocenters. The molecule has 2 aromatic carbocycles. The largest absolute Gasteiger partial charge is 0.104 e. The fourth-order valence-corrected chi connectivity index (χ4v) is 3.61. The Kier molecular flexibility index (Phi) is 3.47. The minimum Gasteiger partial charge on any atom is -0.104 e. The molecule has 2 aromatic rings. The quantitative estimate of drug-likeness (QED) is 0.705. The molecule has 0 nitrogen and oxygen atoms in total. The van der Waals surface area contributed by atoms with Crippen LogP contribution >= 0.6 is 0 Å². The number of hydrogen-bond acceptors (Lipinski definition) is 0. The predicted molar refractivity (Wildman–Crippen MR) is 88.4 cm³/mol. The van der Waals surface area contributed by atoms with Crippen LogP contribution in [0.5, 0.6) is 0 Å². The molecule has 0 spiro atoms. The number of rotatable bonds is 3. The highest BCUT2D eigenvalue weighted by Crippen LogP contribution is 2.33. The maximum atomic E-state index is 2.52. The first-order valence-electron chi connectivity index (χ1n) is 7.07. The Bertz CT molecular complexity index is 673. The van der Waals surface area contributed by atoms with Crippen molar-refractivity contribution >= 4 is 30.9 Å². The van der Waals surface area contributed by atoms with E-state index in [1.807, 2.05) is 0 Å². The van der Waals surface area contributed by atoms with Gasteiger partial charge in [0.2, 0.25) is 0 Å². The Balaban J connectivity index is 1.85. The number of fused-ring (bicyclic) bond motifs is 3. The van der Waals surface area contributed by atoms with E-state index in [2.05, 4.69) is 61.2 Å². The van der Waals surface area contributed by atoms with Crippen molar-refractivity contribution in [1.29, 1.82) is 0 Å². The van der Waals surface area contributed by atoms with Gasteiger partial charge in [-0.1, -0.05) is 61.1 Å². The molecule has 1 heteroatoms. The minimum absolute atomic E-state index is 0.179. The molecule has 0 N–H and O–H groups in total. The van der Waals surface area contributed by atoms with Crippen LogP contribution in [0, 0.1) is 0 Å². The predicted octanol–water partition coefficient (Wildman–Crippen LogP) is 4.70. The topological polar surface area (TPSA) is 0 Å². The molecule has 0 fully saturated rings. The monoisotopic (exact) mass is 264 g/mol. The Morgan fingerprint density at radius 2 is 1.95 bits per heavy atom. The second kappa shape index (κ2) is 5.26. The van der Waals surface area contributed by atoms with Crippen LogP contribution in [0.2, 0.25) is 13.1 Å². The Morgan fingerprint density at radius 1 is 1.11 bits per heavy atom. The van der Waals surface area contributed by atoms with Gasteiger partial charge in [0.05, 0.1) is 0 Å². The van der Waals surface area contributed by atoms with Crippen LogP contribution in [0.15, 0.2) is 42.0 Å². The fraction of sp³-hybridized carbons (Fsp3) is 0.278. The summed E-state index contributed by atoms with van der Waals surface area (Å²) in [6.07, 6.45) is 6.05. The lowest BCUT2D eigenvalue weighted by Gasteiger charge is -2.05. The average Bonchev–Trinajstić information content (AvgIpc) is 2.81. The molecule has 1 aliphatic rings. The summed E-state index contributed by atoms with van der Waals surface area (Å²) >= 11 is 0. The Hall–Kier alpha value is -1.47. The fourth-order valence-electron chi connectivity index (χ4n) is 2.89.